The number of allylic oxidation sites excluding steroid dienone is 4. The number of thiol groups is 1. The van der Waals surface area contributed by atoms with Gasteiger partial charge in [0.2, 0.25) is 0 Å². The molecule has 0 bridgehead atoms. The highest BCUT2D eigenvalue weighted by atomic mass is 32.1. The smallest absolute Gasteiger partial charge is 0.0820 e. The third-order valence-corrected chi connectivity index (χ3v) is 1.28. The van der Waals surface area contributed by atoms with E-state index in [0.717, 1.165) is 7.11 Å². The summed E-state index contributed by atoms with van der Waals surface area (Å²) in [6, 6.07) is 0. The number of hydrogen-bond donors (Lipinski definition) is 3. The molecule has 0 aromatic carbocycles. The molecule has 18 heavy (non-hydrogen) atoms. The van der Waals surface area contributed by atoms with Crippen molar-refractivity contribution in [3.8, 4) is 0 Å². The van der Waals surface area contributed by atoms with Gasteiger partial charge in [-0.2, -0.15) is 12.6 Å². The van der Waals surface area contributed by atoms with Gasteiger partial charge in [-0.15, -0.1) is 0 Å². The Morgan fingerprint density at radius 3 is 1.33 bits per heavy atom. The summed E-state index contributed by atoms with van der Waals surface area (Å²) in [6.45, 7) is 16.6. The van der Waals surface area contributed by atoms with Crippen LogP contribution in [0.3, 0.4) is 0 Å². The lowest BCUT2D eigenvalue weighted by molar-refractivity contribution is 0.399. The molecule has 112 valence electrons. The topological polar surface area (TPSA) is 40.5 Å². The average molecular weight is 279 g/mol. The van der Waals surface area contributed by atoms with Gasteiger partial charge in [0.1, 0.15) is 0 Å². The Kier molecular flexibility index (Phi) is 74.5. The molecule has 0 saturated carbocycles. The lowest BCUT2D eigenvalue weighted by Crippen LogP contribution is -1.57. The summed E-state index contributed by atoms with van der Waals surface area (Å²) in [5, 5.41) is 14.9. The van der Waals surface area contributed by atoms with E-state index in [9.17, 15) is 0 Å². The molecular weight excluding hydrogens is 244 g/mol. The Hall–Kier alpha value is -0.670. The van der Waals surface area contributed by atoms with Crippen molar-refractivity contribution in [1.82, 2.24) is 0 Å². The van der Waals surface area contributed by atoms with Gasteiger partial charge in [-0.25, -0.2) is 0 Å². The van der Waals surface area contributed by atoms with E-state index < -0.39 is 0 Å². The van der Waals surface area contributed by atoms with Crippen LogP contribution in [0.15, 0.2) is 36.6 Å². The third kappa shape index (κ3) is 168. The summed E-state index contributed by atoms with van der Waals surface area (Å²) in [7, 11) is 1.00. The monoisotopic (exact) mass is 278 g/mol. The number of unbranched alkanes of at least 4 members (excludes halogenated alkanes) is 1. The second-order valence-corrected chi connectivity index (χ2v) is 2.97. The molecule has 0 amide bonds. The summed E-state index contributed by atoms with van der Waals surface area (Å²) in [5.41, 5.74) is 1.23. The molecular formula is C15H34O2S. The molecule has 0 aromatic rings. The quantitative estimate of drug-likeness (QED) is 0.370. The molecule has 0 fully saturated rings. The van der Waals surface area contributed by atoms with E-state index in [-0.39, 0.29) is 5.76 Å². The molecule has 0 unspecified atom stereocenters. The van der Waals surface area contributed by atoms with E-state index in [1.165, 1.54) is 25.3 Å². The Bertz CT molecular complexity index is 158. The SMILES string of the molecule is C=C(C)O.C=C/C(C)=C\C.CCCC.CO.CS. The standard InChI is InChI=1S/C6H10.C4H10.C3H6O.CH4O.CH4S/c1-4-6(3)5-2;1-3-4-2;1-3(2)4;2*1-2/h4-5H,1H2,2-3H3;3-4H2,1-2H3;4H,1H2,2H3;2*2H,1H3/b6-5-;;;;. The van der Waals surface area contributed by atoms with Crippen molar-refractivity contribution in [1.29, 1.82) is 0 Å². The van der Waals surface area contributed by atoms with E-state index in [1.54, 1.807) is 6.26 Å². The largest absolute Gasteiger partial charge is 0.513 e. The van der Waals surface area contributed by atoms with Gasteiger partial charge in [0.05, 0.1) is 5.76 Å². The lowest BCUT2D eigenvalue weighted by Gasteiger charge is -1.78. The number of hydrogen-bond acceptors (Lipinski definition) is 3. The van der Waals surface area contributed by atoms with Crippen LogP contribution < -0.4 is 0 Å². The lowest BCUT2D eigenvalue weighted by atomic mass is 10.3. The first kappa shape index (κ1) is 30.4. The predicted molar refractivity (Wildman–Crippen MR) is 90.7 cm³/mol. The van der Waals surface area contributed by atoms with Crippen LogP contribution in [0.25, 0.3) is 0 Å². The van der Waals surface area contributed by atoms with E-state index in [1.807, 2.05) is 26.0 Å². The van der Waals surface area contributed by atoms with Crippen molar-refractivity contribution in [3.63, 3.8) is 0 Å². The van der Waals surface area contributed by atoms with Gasteiger partial charge in [0.25, 0.3) is 0 Å². The van der Waals surface area contributed by atoms with Crippen LogP contribution in [0, 0.1) is 0 Å². The Morgan fingerprint density at radius 1 is 1.11 bits per heavy atom. The van der Waals surface area contributed by atoms with Crippen LogP contribution in [0.4, 0.5) is 0 Å². The van der Waals surface area contributed by atoms with Gasteiger partial charge in [-0.05, 0) is 27.0 Å². The van der Waals surface area contributed by atoms with E-state index >= 15 is 0 Å². The van der Waals surface area contributed by atoms with Crippen LogP contribution in [0.2, 0.25) is 0 Å². The zero-order valence-corrected chi connectivity index (χ0v) is 14.2. The Balaban J connectivity index is -0.0000000420. The summed E-state index contributed by atoms with van der Waals surface area (Å²) in [5.74, 6) is 0.167. The summed E-state index contributed by atoms with van der Waals surface area (Å²) in [4.78, 5) is 0. The minimum Gasteiger partial charge on any atom is -0.513 e. The molecule has 2 N–H and O–H groups in total. The first-order valence-electron chi connectivity index (χ1n) is 5.95. The molecule has 0 aliphatic rings. The van der Waals surface area contributed by atoms with Gasteiger partial charge in [-0.3, -0.25) is 0 Å². The van der Waals surface area contributed by atoms with E-state index in [2.05, 4.69) is 39.6 Å². The fourth-order valence-corrected chi connectivity index (χ4v) is 0.118. The Labute approximate surface area is 121 Å². The molecule has 0 aliphatic carbocycles. The Morgan fingerprint density at radius 2 is 1.33 bits per heavy atom. The fraction of sp³-hybridized carbons (Fsp3) is 0.600. The van der Waals surface area contributed by atoms with Gasteiger partial charge in [0, 0.05) is 7.11 Å². The minimum absolute atomic E-state index is 0.167. The number of rotatable bonds is 2. The van der Waals surface area contributed by atoms with Crippen molar-refractivity contribution < 1.29 is 10.2 Å². The summed E-state index contributed by atoms with van der Waals surface area (Å²) >= 11 is 3.53. The fourth-order valence-electron chi connectivity index (χ4n) is 0.118. The third-order valence-electron chi connectivity index (χ3n) is 1.28. The zero-order chi connectivity index (χ0) is 16.0. The molecule has 0 atom stereocenters. The molecule has 0 radical (unpaired) electrons. The molecule has 0 heterocycles. The van der Waals surface area contributed by atoms with Crippen molar-refractivity contribution in [2.24, 2.45) is 0 Å². The molecule has 2 nitrogen and oxygen atoms in total. The predicted octanol–water partition coefficient (Wildman–Crippen LogP) is 5.18. The van der Waals surface area contributed by atoms with Gasteiger partial charge >= 0.3 is 0 Å². The van der Waals surface area contributed by atoms with Gasteiger partial charge < -0.3 is 10.2 Å². The van der Waals surface area contributed by atoms with Crippen LogP contribution in [0.1, 0.15) is 47.5 Å². The van der Waals surface area contributed by atoms with Crippen LogP contribution in [0.5, 0.6) is 0 Å². The highest BCUT2D eigenvalue weighted by Gasteiger charge is 1.66. The van der Waals surface area contributed by atoms with Crippen LogP contribution in [-0.2, 0) is 0 Å². The zero-order valence-electron chi connectivity index (χ0n) is 13.3. The minimum atomic E-state index is 0.167. The maximum atomic E-state index is 7.86. The average Bonchev–Trinajstić information content (AvgIpc) is 2.42. The maximum absolute atomic E-state index is 7.86. The van der Waals surface area contributed by atoms with Gasteiger partial charge in [0.15, 0.2) is 0 Å². The van der Waals surface area contributed by atoms with Crippen LogP contribution in [-0.4, -0.2) is 23.6 Å². The number of aliphatic hydroxyl groups excluding tert-OH is 2. The second kappa shape index (κ2) is 44.1. The molecule has 0 aromatic heterocycles. The highest BCUT2D eigenvalue weighted by molar-refractivity contribution is 7.79. The molecule has 0 spiro atoms. The van der Waals surface area contributed by atoms with Crippen LogP contribution >= 0.6 is 12.6 Å². The number of aliphatic hydroxyl groups is 2. The molecule has 3 heteroatoms. The maximum Gasteiger partial charge on any atom is 0.0820 e. The van der Waals surface area contributed by atoms with Crippen molar-refractivity contribution in [2.45, 2.75) is 47.5 Å². The molecule has 0 saturated heterocycles. The summed E-state index contributed by atoms with van der Waals surface area (Å²) in [6.07, 6.45) is 8.19. The second-order valence-electron chi connectivity index (χ2n) is 2.97. The summed E-state index contributed by atoms with van der Waals surface area (Å²) < 4.78 is 0. The normalized spacial score (nSPS) is 7.50. The first-order valence-corrected chi connectivity index (χ1v) is 6.84. The first-order chi connectivity index (χ1) is 8.45. The van der Waals surface area contributed by atoms with Crippen molar-refractivity contribution >= 4 is 12.6 Å². The highest BCUT2D eigenvalue weighted by Crippen LogP contribution is 1.88. The van der Waals surface area contributed by atoms with E-state index in [4.69, 9.17) is 10.2 Å². The molecule has 0 aliphatic heterocycles. The van der Waals surface area contributed by atoms with Gasteiger partial charge in [-0.1, -0.05) is 57.6 Å². The van der Waals surface area contributed by atoms with Crippen molar-refractivity contribution in [2.75, 3.05) is 13.4 Å². The molecule has 0 rings (SSSR count). The van der Waals surface area contributed by atoms with E-state index in [0.29, 0.717) is 0 Å². The van der Waals surface area contributed by atoms with Crippen molar-refractivity contribution in [3.05, 3.63) is 36.6 Å².